The van der Waals surface area contributed by atoms with E-state index in [9.17, 15) is 33.0 Å². The van der Waals surface area contributed by atoms with Gasteiger partial charge in [-0.25, -0.2) is 8.42 Å². The van der Waals surface area contributed by atoms with E-state index in [1.165, 1.54) is 18.7 Å². The fraction of sp³-hybridized carbons (Fsp3) is 0.641. The topological polar surface area (TPSA) is 175 Å². The van der Waals surface area contributed by atoms with Gasteiger partial charge in [0.1, 0.15) is 16.9 Å². The molecule has 3 aliphatic rings. The van der Waals surface area contributed by atoms with Gasteiger partial charge >= 0.3 is 0 Å². The van der Waals surface area contributed by atoms with Crippen molar-refractivity contribution in [3.05, 3.63) is 66.0 Å². The molecule has 5 atom stereocenters. The van der Waals surface area contributed by atoms with Crippen molar-refractivity contribution in [3.8, 4) is 0 Å². The molecule has 4 N–H and O–H groups in total. The molecule has 1 aliphatic heterocycles. The molecule has 2 aliphatic carbocycles. The van der Waals surface area contributed by atoms with Gasteiger partial charge in [-0.2, -0.15) is 0 Å². The maximum Gasteiger partial charge on any atom is 0.243 e. The summed E-state index contributed by atoms with van der Waals surface area (Å²) in [5, 5.41) is 28.1. The normalized spacial score (nSPS) is 20.3. The summed E-state index contributed by atoms with van der Waals surface area (Å²) in [6.45, 7) is 3.96. The number of nitrogens with zero attached hydrogens (tertiary/aromatic N) is 2. The van der Waals surface area contributed by atoms with Crippen molar-refractivity contribution in [1.82, 2.24) is 20.5 Å². The van der Waals surface area contributed by atoms with E-state index in [0.29, 0.717) is 25.2 Å². The Morgan fingerprint density at radius 1 is 0.904 bits per heavy atom. The number of amides is 3. The fourth-order valence-corrected chi connectivity index (χ4v) is 9.05. The smallest absolute Gasteiger partial charge is 0.243 e. The number of aromatic nitrogens is 1. The van der Waals surface area contributed by atoms with Gasteiger partial charge in [0, 0.05) is 31.9 Å². The molecule has 52 heavy (non-hydrogen) atoms. The molecule has 5 rings (SSSR count). The highest BCUT2D eigenvalue weighted by Crippen LogP contribution is 2.36. The van der Waals surface area contributed by atoms with Crippen LogP contribution in [0.1, 0.15) is 76.3 Å². The second kappa shape index (κ2) is 18.1. The maximum atomic E-state index is 14.3. The van der Waals surface area contributed by atoms with Crippen LogP contribution in [0, 0.1) is 17.8 Å². The summed E-state index contributed by atoms with van der Waals surface area (Å²) >= 11 is 0. The van der Waals surface area contributed by atoms with Crippen molar-refractivity contribution < 1.29 is 37.8 Å². The minimum absolute atomic E-state index is 0.00766. The van der Waals surface area contributed by atoms with Crippen molar-refractivity contribution in [2.45, 2.75) is 107 Å². The average molecular weight is 741 g/mol. The number of hydrogen-bond acceptors (Lipinski definition) is 9. The van der Waals surface area contributed by atoms with Gasteiger partial charge in [-0.05, 0) is 68.6 Å². The Morgan fingerprint density at radius 3 is 2.21 bits per heavy atom. The number of carbonyl (C=O) groups is 3. The van der Waals surface area contributed by atoms with Gasteiger partial charge in [-0.15, -0.1) is 0 Å². The molecule has 1 aromatic carbocycles. The second-order valence-electron chi connectivity index (χ2n) is 15.4. The van der Waals surface area contributed by atoms with Gasteiger partial charge in [-0.3, -0.25) is 19.4 Å². The molecule has 0 unspecified atom stereocenters. The average Bonchev–Trinajstić information content (AvgIpc) is 4.00. The summed E-state index contributed by atoms with van der Waals surface area (Å²) < 4.78 is 31.7. The molecule has 13 heteroatoms. The quantitative estimate of drug-likeness (QED) is 0.190. The SMILES string of the molecule is CC(C)(C(=O)N1CCOCC1)S(=O)(=O)C[C@@H](Cc1ccccc1)C(=O)N[C@@H](Cc1cccnc1)C(=O)N[C@@H](CC1CCCCC1)[C@@H](O)[C@@H](O)C1CC1. The number of aliphatic hydroxyl groups is 2. The van der Waals surface area contributed by atoms with Crippen LogP contribution < -0.4 is 10.6 Å². The molecule has 2 saturated carbocycles. The first kappa shape index (κ1) is 39.8. The van der Waals surface area contributed by atoms with Crippen LogP contribution >= 0.6 is 0 Å². The van der Waals surface area contributed by atoms with Crippen LogP contribution in [0.15, 0.2) is 54.9 Å². The zero-order valence-corrected chi connectivity index (χ0v) is 31.3. The van der Waals surface area contributed by atoms with Crippen molar-refractivity contribution in [2.75, 3.05) is 32.1 Å². The highest BCUT2D eigenvalue weighted by atomic mass is 32.2. The van der Waals surface area contributed by atoms with E-state index in [2.05, 4.69) is 15.6 Å². The fourth-order valence-electron chi connectivity index (χ4n) is 7.44. The number of pyridine rings is 1. The number of sulfone groups is 1. The lowest BCUT2D eigenvalue weighted by atomic mass is 9.82. The van der Waals surface area contributed by atoms with Crippen LogP contribution in [-0.2, 0) is 41.8 Å². The number of aliphatic hydroxyl groups excluding tert-OH is 2. The monoisotopic (exact) mass is 740 g/mol. The third-order valence-corrected chi connectivity index (χ3v) is 13.6. The Balaban J connectivity index is 1.39. The minimum atomic E-state index is -4.21. The third kappa shape index (κ3) is 10.6. The van der Waals surface area contributed by atoms with Gasteiger partial charge in [0.25, 0.3) is 0 Å². The Morgan fingerprint density at radius 2 is 1.58 bits per heavy atom. The summed E-state index contributed by atoms with van der Waals surface area (Å²) in [6, 6.07) is 10.7. The predicted octanol–water partition coefficient (Wildman–Crippen LogP) is 2.61. The summed E-state index contributed by atoms with van der Waals surface area (Å²) in [4.78, 5) is 47.7. The van der Waals surface area contributed by atoms with Gasteiger partial charge < -0.3 is 30.5 Å². The largest absolute Gasteiger partial charge is 0.390 e. The molecule has 0 radical (unpaired) electrons. The number of ether oxygens (including phenoxy) is 1. The van der Waals surface area contributed by atoms with Gasteiger partial charge in [0.15, 0.2) is 9.84 Å². The maximum absolute atomic E-state index is 14.3. The highest BCUT2D eigenvalue weighted by molar-refractivity contribution is 7.93. The first-order chi connectivity index (χ1) is 24.9. The minimum Gasteiger partial charge on any atom is -0.390 e. The van der Waals surface area contributed by atoms with Gasteiger partial charge in [-0.1, -0.05) is 68.5 Å². The summed E-state index contributed by atoms with van der Waals surface area (Å²) in [5.74, 6) is -3.19. The first-order valence-corrected chi connectivity index (χ1v) is 20.5. The molecular weight excluding hydrogens is 685 g/mol. The van der Waals surface area contributed by atoms with Crippen LogP contribution in [0.3, 0.4) is 0 Å². The number of morpholine rings is 1. The van der Waals surface area contributed by atoms with E-state index in [0.717, 1.165) is 50.5 Å². The Hall–Kier alpha value is -3.39. The number of nitrogens with one attached hydrogen (secondary N) is 2. The van der Waals surface area contributed by atoms with Crippen LogP contribution in [0.2, 0.25) is 0 Å². The molecule has 0 spiro atoms. The number of rotatable bonds is 17. The van der Waals surface area contributed by atoms with E-state index in [1.54, 1.807) is 48.8 Å². The molecular formula is C39H56N4O8S. The van der Waals surface area contributed by atoms with Crippen molar-refractivity contribution >= 4 is 27.6 Å². The molecule has 3 amide bonds. The zero-order valence-electron chi connectivity index (χ0n) is 30.5. The Bertz CT molecular complexity index is 1580. The van der Waals surface area contributed by atoms with E-state index in [1.807, 2.05) is 6.07 Å². The zero-order chi connectivity index (χ0) is 37.3. The van der Waals surface area contributed by atoms with Crippen molar-refractivity contribution in [2.24, 2.45) is 17.8 Å². The highest BCUT2D eigenvalue weighted by Gasteiger charge is 2.46. The molecule has 12 nitrogen and oxygen atoms in total. The molecule has 1 aromatic heterocycles. The molecule has 2 heterocycles. The van der Waals surface area contributed by atoms with Crippen molar-refractivity contribution in [3.63, 3.8) is 0 Å². The van der Waals surface area contributed by atoms with Gasteiger partial charge in [0.2, 0.25) is 17.7 Å². The van der Waals surface area contributed by atoms with E-state index in [4.69, 9.17) is 4.74 Å². The van der Waals surface area contributed by atoms with Crippen molar-refractivity contribution in [1.29, 1.82) is 0 Å². The van der Waals surface area contributed by atoms with E-state index >= 15 is 0 Å². The number of benzene rings is 1. The predicted molar refractivity (Wildman–Crippen MR) is 197 cm³/mol. The molecule has 1 saturated heterocycles. The summed E-state index contributed by atoms with van der Waals surface area (Å²) in [6.07, 6.45) is 8.61. The standard InChI is InChI=1S/C39H56N4O8S/c1-39(2,38(48)43-18-20-51-21-19-43)52(49,50)26-31(22-27-10-5-3-6-11-27)36(46)42-33(24-29-14-9-17-40-25-29)37(47)41-32(23-28-12-7-4-8-13-28)35(45)34(44)30-15-16-30/h3,5-6,9-11,14,17,25,28,30-35,44-45H,4,7-8,12-13,15-16,18-24,26H2,1-2H3,(H,41,47)(H,42,46)/t31-,32+,33+,34+,35-/m1/s1. The Kier molecular flexibility index (Phi) is 13.9. The lowest BCUT2D eigenvalue weighted by Gasteiger charge is -2.35. The van der Waals surface area contributed by atoms with E-state index in [-0.39, 0.29) is 37.8 Å². The van der Waals surface area contributed by atoms with E-state index < -0.39 is 68.3 Å². The lowest BCUT2D eigenvalue weighted by molar-refractivity contribution is -0.137. The number of hydrogen-bond donors (Lipinski definition) is 4. The summed E-state index contributed by atoms with van der Waals surface area (Å²) in [7, 11) is -4.21. The molecule has 2 aromatic rings. The van der Waals surface area contributed by atoms with Crippen LogP contribution in [0.4, 0.5) is 0 Å². The van der Waals surface area contributed by atoms with Crippen LogP contribution in [0.25, 0.3) is 0 Å². The van der Waals surface area contributed by atoms with Crippen LogP contribution in [0.5, 0.6) is 0 Å². The number of carbonyl (C=O) groups excluding carboxylic acids is 3. The Labute approximate surface area is 308 Å². The molecule has 0 bridgehead atoms. The van der Waals surface area contributed by atoms with Crippen LogP contribution in [-0.4, -0.2) is 107 Å². The lowest BCUT2D eigenvalue weighted by Crippen LogP contribution is -2.57. The second-order valence-corrected chi connectivity index (χ2v) is 18.0. The first-order valence-electron chi connectivity index (χ1n) is 18.8. The third-order valence-electron chi connectivity index (χ3n) is 11.0. The van der Waals surface area contributed by atoms with Gasteiger partial charge in [0.05, 0.1) is 37.0 Å². The molecule has 3 fully saturated rings. The molecule has 286 valence electrons. The summed E-state index contributed by atoms with van der Waals surface area (Å²) in [5.41, 5.74) is 1.41.